The Balaban J connectivity index is 2.00. The molecule has 3 rings (SSSR count). The van der Waals surface area contributed by atoms with Crippen LogP contribution in [0, 0.1) is 6.92 Å². The Kier molecular flexibility index (Phi) is 3.48. The lowest BCUT2D eigenvalue weighted by Crippen LogP contribution is -2.31. The number of rotatable bonds is 3. The standard InChI is InChI=1S/C18H18N2O/c1-3-20(17-7-5-4-6-13(17)2)18(21)15-9-8-14-10-11-19-16(14)12-15/h4-12,19H,3H2,1-2H3. The number of nitrogens with one attached hydrogen (secondary N) is 1. The van der Waals surface area contributed by atoms with E-state index in [4.69, 9.17) is 0 Å². The summed E-state index contributed by atoms with van der Waals surface area (Å²) in [5.74, 6) is 0.0308. The van der Waals surface area contributed by atoms with Crippen LogP contribution in [-0.2, 0) is 0 Å². The van der Waals surface area contributed by atoms with E-state index in [0.717, 1.165) is 22.2 Å². The van der Waals surface area contributed by atoms with Crippen molar-refractivity contribution in [3.63, 3.8) is 0 Å². The summed E-state index contributed by atoms with van der Waals surface area (Å²) >= 11 is 0. The zero-order valence-corrected chi connectivity index (χ0v) is 12.3. The Morgan fingerprint density at radius 3 is 2.71 bits per heavy atom. The van der Waals surface area contributed by atoms with Gasteiger partial charge in [0.1, 0.15) is 0 Å². The zero-order valence-electron chi connectivity index (χ0n) is 12.3. The number of fused-ring (bicyclic) bond motifs is 1. The van der Waals surface area contributed by atoms with Crippen LogP contribution in [-0.4, -0.2) is 17.4 Å². The van der Waals surface area contributed by atoms with Gasteiger partial charge in [-0.25, -0.2) is 0 Å². The molecule has 0 radical (unpaired) electrons. The first-order valence-corrected chi connectivity index (χ1v) is 7.15. The van der Waals surface area contributed by atoms with E-state index in [2.05, 4.69) is 4.98 Å². The second kappa shape index (κ2) is 5.44. The van der Waals surface area contributed by atoms with E-state index in [9.17, 15) is 4.79 Å². The van der Waals surface area contributed by atoms with Crippen LogP contribution in [0.3, 0.4) is 0 Å². The molecule has 0 aliphatic heterocycles. The van der Waals surface area contributed by atoms with E-state index < -0.39 is 0 Å². The first kappa shape index (κ1) is 13.4. The number of hydrogen-bond donors (Lipinski definition) is 1. The van der Waals surface area contributed by atoms with Gasteiger partial charge in [0.15, 0.2) is 0 Å². The summed E-state index contributed by atoms with van der Waals surface area (Å²) in [6, 6.07) is 15.8. The molecule has 0 atom stereocenters. The fraction of sp³-hybridized carbons (Fsp3) is 0.167. The van der Waals surface area contributed by atoms with E-state index in [1.54, 1.807) is 0 Å². The lowest BCUT2D eigenvalue weighted by molar-refractivity contribution is 0.0988. The number of carbonyl (C=O) groups is 1. The molecular formula is C18H18N2O. The predicted molar refractivity (Wildman–Crippen MR) is 86.8 cm³/mol. The van der Waals surface area contributed by atoms with Crippen LogP contribution in [0.4, 0.5) is 5.69 Å². The molecule has 0 spiro atoms. The molecule has 0 bridgehead atoms. The molecule has 1 aromatic heterocycles. The maximum absolute atomic E-state index is 12.8. The van der Waals surface area contributed by atoms with Crippen LogP contribution in [0.25, 0.3) is 10.9 Å². The van der Waals surface area contributed by atoms with Crippen LogP contribution in [0.2, 0.25) is 0 Å². The number of para-hydroxylation sites is 1. The maximum Gasteiger partial charge on any atom is 0.258 e. The first-order chi connectivity index (χ1) is 10.2. The third-order valence-corrected chi connectivity index (χ3v) is 3.77. The Morgan fingerprint density at radius 1 is 1.14 bits per heavy atom. The zero-order chi connectivity index (χ0) is 14.8. The molecule has 3 heteroatoms. The lowest BCUT2D eigenvalue weighted by Gasteiger charge is -2.23. The average Bonchev–Trinajstić information content (AvgIpc) is 2.97. The third-order valence-electron chi connectivity index (χ3n) is 3.77. The molecule has 1 amide bonds. The minimum absolute atomic E-state index is 0.0308. The summed E-state index contributed by atoms with van der Waals surface area (Å²) < 4.78 is 0. The predicted octanol–water partition coefficient (Wildman–Crippen LogP) is 4.14. The van der Waals surface area contributed by atoms with Gasteiger partial charge in [-0.15, -0.1) is 0 Å². The minimum atomic E-state index is 0.0308. The van der Waals surface area contributed by atoms with Gasteiger partial charge in [-0.1, -0.05) is 24.3 Å². The van der Waals surface area contributed by atoms with E-state index >= 15 is 0 Å². The van der Waals surface area contributed by atoms with E-state index in [1.807, 2.05) is 73.5 Å². The molecule has 1 N–H and O–H groups in total. The van der Waals surface area contributed by atoms with Crippen molar-refractivity contribution in [3.8, 4) is 0 Å². The van der Waals surface area contributed by atoms with Crippen molar-refractivity contribution in [2.24, 2.45) is 0 Å². The average molecular weight is 278 g/mol. The van der Waals surface area contributed by atoms with Crippen LogP contribution in [0.5, 0.6) is 0 Å². The van der Waals surface area contributed by atoms with Crippen LogP contribution < -0.4 is 4.90 Å². The van der Waals surface area contributed by atoms with Gasteiger partial charge < -0.3 is 9.88 Å². The highest BCUT2D eigenvalue weighted by Gasteiger charge is 2.17. The highest BCUT2D eigenvalue weighted by molar-refractivity contribution is 6.08. The summed E-state index contributed by atoms with van der Waals surface area (Å²) in [7, 11) is 0. The van der Waals surface area contributed by atoms with Gasteiger partial charge in [0.05, 0.1) is 0 Å². The van der Waals surface area contributed by atoms with Gasteiger partial charge in [-0.3, -0.25) is 4.79 Å². The van der Waals surface area contributed by atoms with Gasteiger partial charge in [-0.05, 0) is 49.1 Å². The number of aromatic amines is 1. The second-order valence-electron chi connectivity index (χ2n) is 5.12. The molecule has 0 saturated heterocycles. The van der Waals surface area contributed by atoms with Gasteiger partial charge in [0.25, 0.3) is 5.91 Å². The van der Waals surface area contributed by atoms with Gasteiger partial charge in [-0.2, -0.15) is 0 Å². The summed E-state index contributed by atoms with van der Waals surface area (Å²) in [6.07, 6.45) is 1.89. The highest BCUT2D eigenvalue weighted by Crippen LogP contribution is 2.22. The molecule has 2 aromatic carbocycles. The molecule has 3 nitrogen and oxygen atoms in total. The summed E-state index contributed by atoms with van der Waals surface area (Å²) in [6.45, 7) is 4.67. The highest BCUT2D eigenvalue weighted by atomic mass is 16.2. The number of benzene rings is 2. The smallest absolute Gasteiger partial charge is 0.258 e. The van der Waals surface area contributed by atoms with Crippen molar-refractivity contribution in [1.29, 1.82) is 0 Å². The second-order valence-corrected chi connectivity index (χ2v) is 5.12. The Bertz CT molecular complexity index is 789. The summed E-state index contributed by atoms with van der Waals surface area (Å²) in [5.41, 5.74) is 3.77. The molecule has 0 saturated carbocycles. The third kappa shape index (κ3) is 2.42. The summed E-state index contributed by atoms with van der Waals surface area (Å²) in [5, 5.41) is 1.12. The molecule has 0 aliphatic rings. The quantitative estimate of drug-likeness (QED) is 0.768. The first-order valence-electron chi connectivity index (χ1n) is 7.15. The largest absolute Gasteiger partial charge is 0.361 e. The van der Waals surface area contributed by atoms with E-state index in [-0.39, 0.29) is 5.91 Å². The maximum atomic E-state index is 12.8. The van der Waals surface area contributed by atoms with Crippen LogP contribution >= 0.6 is 0 Å². The summed E-state index contributed by atoms with van der Waals surface area (Å²) in [4.78, 5) is 17.8. The van der Waals surface area contributed by atoms with Crippen molar-refractivity contribution < 1.29 is 4.79 Å². The Morgan fingerprint density at radius 2 is 1.95 bits per heavy atom. The monoisotopic (exact) mass is 278 g/mol. The molecule has 0 fully saturated rings. The fourth-order valence-corrected chi connectivity index (χ4v) is 2.63. The number of anilines is 1. The normalized spacial score (nSPS) is 10.8. The van der Waals surface area contributed by atoms with Crippen LogP contribution in [0.15, 0.2) is 54.7 Å². The molecule has 106 valence electrons. The SMILES string of the molecule is CCN(C(=O)c1ccc2cc[nH]c2c1)c1ccccc1C. The molecular weight excluding hydrogens is 260 g/mol. The topological polar surface area (TPSA) is 36.1 Å². The Labute approximate surface area is 124 Å². The van der Waals surface area contributed by atoms with Crippen molar-refractivity contribution in [2.45, 2.75) is 13.8 Å². The van der Waals surface area contributed by atoms with Crippen LogP contribution in [0.1, 0.15) is 22.8 Å². The van der Waals surface area contributed by atoms with Crippen molar-refractivity contribution in [3.05, 3.63) is 65.9 Å². The molecule has 1 heterocycles. The van der Waals surface area contributed by atoms with Gasteiger partial charge >= 0.3 is 0 Å². The molecule has 0 aliphatic carbocycles. The minimum Gasteiger partial charge on any atom is -0.361 e. The van der Waals surface area contributed by atoms with E-state index in [0.29, 0.717) is 12.1 Å². The van der Waals surface area contributed by atoms with E-state index in [1.165, 1.54) is 0 Å². The number of hydrogen-bond acceptors (Lipinski definition) is 1. The number of H-pyrrole nitrogens is 1. The van der Waals surface area contributed by atoms with Crippen molar-refractivity contribution in [1.82, 2.24) is 4.98 Å². The number of carbonyl (C=O) groups excluding carboxylic acids is 1. The molecule has 0 unspecified atom stereocenters. The Hall–Kier alpha value is -2.55. The lowest BCUT2D eigenvalue weighted by atomic mass is 10.1. The molecule has 3 aromatic rings. The van der Waals surface area contributed by atoms with Crippen molar-refractivity contribution in [2.75, 3.05) is 11.4 Å². The molecule has 21 heavy (non-hydrogen) atoms. The number of aryl methyl sites for hydroxylation is 1. The fourth-order valence-electron chi connectivity index (χ4n) is 2.63. The van der Waals surface area contributed by atoms with Gasteiger partial charge in [0.2, 0.25) is 0 Å². The van der Waals surface area contributed by atoms with Crippen molar-refractivity contribution >= 4 is 22.5 Å². The number of amides is 1. The number of aromatic nitrogens is 1. The number of nitrogens with zero attached hydrogens (tertiary/aromatic N) is 1. The van der Waals surface area contributed by atoms with Gasteiger partial charge in [0, 0.05) is 29.5 Å².